The Balaban J connectivity index is 1.90. The summed E-state index contributed by atoms with van der Waals surface area (Å²) in [6.45, 7) is 6.68. The molecule has 28 heavy (non-hydrogen) atoms. The molecule has 0 fully saturated rings. The van der Waals surface area contributed by atoms with Crippen LogP contribution in [0.2, 0.25) is 0 Å². The number of rotatable bonds is 3. The summed E-state index contributed by atoms with van der Waals surface area (Å²) in [6.07, 6.45) is 2.04. The lowest BCUT2D eigenvalue weighted by Gasteiger charge is -2.22. The van der Waals surface area contributed by atoms with Gasteiger partial charge in [0, 0.05) is 35.5 Å². The van der Waals surface area contributed by atoms with Gasteiger partial charge in [0.15, 0.2) is 5.82 Å². The lowest BCUT2D eigenvalue weighted by Crippen LogP contribution is -2.31. The van der Waals surface area contributed by atoms with E-state index in [4.69, 9.17) is 10.2 Å². The van der Waals surface area contributed by atoms with Crippen LogP contribution in [0.1, 0.15) is 42.5 Å². The minimum Gasteiger partial charge on any atom is -0.411 e. The third-order valence-electron chi connectivity index (χ3n) is 4.49. The van der Waals surface area contributed by atoms with E-state index in [2.05, 4.69) is 25.8 Å². The van der Waals surface area contributed by atoms with E-state index in [0.717, 1.165) is 23.4 Å². The molecular formula is C20H22N6O2. The highest BCUT2D eigenvalue weighted by Crippen LogP contribution is 2.30. The minimum absolute atomic E-state index is 0.0633. The molecule has 3 aromatic rings. The number of carbonyl (C=O) groups excluding carboxylic acids is 1. The summed E-state index contributed by atoms with van der Waals surface area (Å²) in [5.41, 5.74) is 4.85. The number of aromatic amines is 1. The Bertz CT molecular complexity index is 1090. The number of hydrogen-bond donors (Lipinski definition) is 4. The van der Waals surface area contributed by atoms with Crippen molar-refractivity contribution in [2.24, 2.45) is 5.16 Å². The maximum atomic E-state index is 12.1. The predicted molar refractivity (Wildman–Crippen MR) is 108 cm³/mol. The van der Waals surface area contributed by atoms with Crippen LogP contribution in [0.15, 0.2) is 29.4 Å². The Morgan fingerprint density at radius 1 is 1.25 bits per heavy atom. The van der Waals surface area contributed by atoms with Gasteiger partial charge in [0.05, 0.1) is 17.3 Å². The topological polar surface area (TPSA) is 115 Å². The van der Waals surface area contributed by atoms with Gasteiger partial charge < -0.3 is 20.8 Å². The molecule has 2 aromatic heterocycles. The maximum absolute atomic E-state index is 12.1. The molecule has 0 saturated heterocycles. The van der Waals surface area contributed by atoms with Crippen LogP contribution in [-0.2, 0) is 6.42 Å². The summed E-state index contributed by atoms with van der Waals surface area (Å²) in [4.78, 5) is 24.9. The maximum Gasteiger partial charge on any atom is 0.253 e. The van der Waals surface area contributed by atoms with E-state index in [1.807, 2.05) is 45.0 Å². The van der Waals surface area contributed by atoms with E-state index in [1.54, 1.807) is 0 Å². The van der Waals surface area contributed by atoms with Crippen molar-refractivity contribution >= 4 is 29.0 Å². The van der Waals surface area contributed by atoms with Crippen LogP contribution in [-0.4, -0.2) is 44.4 Å². The summed E-state index contributed by atoms with van der Waals surface area (Å²) >= 11 is 0. The number of amides is 1. The molecule has 4 N–H and O–H groups in total. The highest BCUT2D eigenvalue weighted by molar-refractivity contribution is 6.00. The summed E-state index contributed by atoms with van der Waals surface area (Å²) in [6, 6.07) is 7.56. The van der Waals surface area contributed by atoms with Crippen LogP contribution < -0.4 is 10.6 Å². The highest BCUT2D eigenvalue weighted by atomic mass is 16.4. The molecule has 0 spiro atoms. The van der Waals surface area contributed by atoms with Gasteiger partial charge in [-0.15, -0.1) is 0 Å². The van der Waals surface area contributed by atoms with E-state index in [1.165, 1.54) is 6.21 Å². The van der Waals surface area contributed by atoms with Gasteiger partial charge >= 0.3 is 0 Å². The zero-order valence-corrected chi connectivity index (χ0v) is 16.0. The molecule has 8 nitrogen and oxygen atoms in total. The zero-order valence-electron chi connectivity index (χ0n) is 16.0. The average Bonchev–Trinajstić information content (AvgIpc) is 3.06. The summed E-state index contributed by atoms with van der Waals surface area (Å²) in [5, 5.41) is 18.3. The molecule has 0 atom stereocenters. The fraction of sp³-hybridized carbons (Fsp3) is 0.300. The summed E-state index contributed by atoms with van der Waals surface area (Å²) in [5.74, 6) is 0.464. The van der Waals surface area contributed by atoms with Crippen molar-refractivity contribution in [2.75, 3.05) is 11.9 Å². The number of aromatic nitrogens is 3. The molecule has 4 rings (SSSR count). The molecule has 1 amide bonds. The second-order valence-corrected chi connectivity index (χ2v) is 7.83. The number of anilines is 1. The second kappa shape index (κ2) is 6.63. The fourth-order valence-electron chi connectivity index (χ4n) is 3.34. The van der Waals surface area contributed by atoms with Gasteiger partial charge in [-0.25, -0.2) is 9.97 Å². The third-order valence-corrected chi connectivity index (χ3v) is 4.49. The first-order valence-corrected chi connectivity index (χ1v) is 9.12. The molecule has 0 saturated carbocycles. The Morgan fingerprint density at radius 2 is 2.07 bits per heavy atom. The van der Waals surface area contributed by atoms with Crippen LogP contribution in [0.5, 0.6) is 0 Å². The molecule has 1 aliphatic heterocycles. The van der Waals surface area contributed by atoms with Gasteiger partial charge in [-0.3, -0.25) is 4.79 Å². The number of fused-ring (bicyclic) bond motifs is 2. The average molecular weight is 378 g/mol. The number of benzene rings is 1. The molecule has 0 bridgehead atoms. The Morgan fingerprint density at radius 3 is 2.79 bits per heavy atom. The standard InChI is InChI=1S/C20H22N6O2/c1-20(2,3)26-18-16(10-22-28)24-14-6-4-5-11(17(14)25-18)15-9-12-13(23-15)7-8-21-19(12)27/h4-6,9-10,23,28H,7-8H2,1-3H3,(H,21,27)(H,25,26)/b22-10-. The summed E-state index contributed by atoms with van der Waals surface area (Å²) in [7, 11) is 0. The van der Waals surface area contributed by atoms with Crippen LogP contribution in [0.25, 0.3) is 22.3 Å². The van der Waals surface area contributed by atoms with Gasteiger partial charge in [-0.2, -0.15) is 0 Å². The molecule has 0 aliphatic carbocycles. The molecular weight excluding hydrogens is 356 g/mol. The number of carbonyl (C=O) groups is 1. The van der Waals surface area contributed by atoms with Crippen molar-refractivity contribution in [2.45, 2.75) is 32.7 Å². The highest BCUT2D eigenvalue weighted by Gasteiger charge is 2.22. The number of nitrogens with zero attached hydrogens (tertiary/aromatic N) is 3. The number of oxime groups is 1. The smallest absolute Gasteiger partial charge is 0.253 e. The molecule has 8 heteroatoms. The van der Waals surface area contributed by atoms with Crippen LogP contribution in [0.3, 0.4) is 0 Å². The van der Waals surface area contributed by atoms with E-state index < -0.39 is 0 Å². The van der Waals surface area contributed by atoms with Gasteiger partial charge in [0.25, 0.3) is 5.91 Å². The normalized spacial score (nSPS) is 14.3. The van der Waals surface area contributed by atoms with Crippen molar-refractivity contribution in [1.82, 2.24) is 20.3 Å². The minimum atomic E-state index is -0.251. The van der Waals surface area contributed by atoms with Crippen LogP contribution in [0, 0.1) is 0 Å². The largest absolute Gasteiger partial charge is 0.411 e. The number of para-hydroxylation sites is 1. The van der Waals surface area contributed by atoms with Gasteiger partial charge in [0.2, 0.25) is 0 Å². The first-order valence-electron chi connectivity index (χ1n) is 9.12. The quantitative estimate of drug-likeness (QED) is 0.318. The predicted octanol–water partition coefficient (Wildman–Crippen LogP) is 2.93. The fourth-order valence-corrected chi connectivity index (χ4v) is 3.34. The molecule has 3 heterocycles. The Labute approximate surface area is 162 Å². The van der Waals surface area contributed by atoms with E-state index in [9.17, 15) is 4.79 Å². The van der Waals surface area contributed by atoms with Gasteiger partial charge in [-0.1, -0.05) is 17.3 Å². The lowest BCUT2D eigenvalue weighted by atomic mass is 10.1. The second-order valence-electron chi connectivity index (χ2n) is 7.83. The number of H-pyrrole nitrogens is 1. The molecule has 0 unspecified atom stereocenters. The zero-order chi connectivity index (χ0) is 19.9. The van der Waals surface area contributed by atoms with Crippen molar-refractivity contribution in [3.05, 3.63) is 41.2 Å². The monoisotopic (exact) mass is 378 g/mol. The number of hydrogen-bond acceptors (Lipinski definition) is 6. The van der Waals surface area contributed by atoms with Crippen molar-refractivity contribution in [3.8, 4) is 11.3 Å². The van der Waals surface area contributed by atoms with Crippen LogP contribution in [0.4, 0.5) is 5.82 Å². The number of nitrogens with one attached hydrogen (secondary N) is 3. The van der Waals surface area contributed by atoms with Crippen LogP contribution >= 0.6 is 0 Å². The summed E-state index contributed by atoms with van der Waals surface area (Å²) < 4.78 is 0. The SMILES string of the molecule is CC(C)(C)Nc1nc2c(-c3cc4c([nH]3)CCNC4=O)cccc2nc1/C=N\O. The van der Waals surface area contributed by atoms with Crippen molar-refractivity contribution in [3.63, 3.8) is 0 Å². The molecule has 144 valence electrons. The lowest BCUT2D eigenvalue weighted by molar-refractivity contribution is 0.0946. The molecule has 0 radical (unpaired) electrons. The first-order chi connectivity index (χ1) is 13.4. The Hall–Kier alpha value is -3.42. The van der Waals surface area contributed by atoms with E-state index >= 15 is 0 Å². The molecule has 1 aromatic carbocycles. The van der Waals surface area contributed by atoms with Crippen molar-refractivity contribution < 1.29 is 10.0 Å². The van der Waals surface area contributed by atoms with E-state index in [0.29, 0.717) is 34.7 Å². The van der Waals surface area contributed by atoms with E-state index in [-0.39, 0.29) is 11.4 Å². The van der Waals surface area contributed by atoms with Crippen molar-refractivity contribution in [1.29, 1.82) is 0 Å². The van der Waals surface area contributed by atoms with Gasteiger partial charge in [-0.05, 0) is 32.9 Å². The Kier molecular flexibility index (Phi) is 4.26. The third kappa shape index (κ3) is 3.28. The van der Waals surface area contributed by atoms with Gasteiger partial charge in [0.1, 0.15) is 11.2 Å². The first kappa shape index (κ1) is 18.0. The molecule has 1 aliphatic rings.